The number of phenols is 1. The van der Waals surface area contributed by atoms with Crippen LogP contribution < -0.4 is 0 Å². The first kappa shape index (κ1) is 11.5. The average molecular weight is 238 g/mol. The fourth-order valence-electron chi connectivity index (χ4n) is 1.33. The molecule has 90 valence electrons. The summed E-state index contributed by atoms with van der Waals surface area (Å²) in [6, 6.07) is 3.96. The molecule has 0 atom stereocenters. The summed E-state index contributed by atoms with van der Waals surface area (Å²) in [4.78, 5) is 3.94. The van der Waals surface area contributed by atoms with Crippen molar-refractivity contribution in [1.29, 1.82) is 0 Å². The molecule has 5 nitrogen and oxygen atoms in total. The van der Waals surface area contributed by atoms with Crippen molar-refractivity contribution in [3.05, 3.63) is 29.8 Å². The summed E-state index contributed by atoms with van der Waals surface area (Å²) in [6.45, 7) is 2.55. The first-order chi connectivity index (χ1) is 8.22. The molecule has 0 aliphatic rings. The molecule has 6 heteroatoms. The largest absolute Gasteiger partial charge is 0.507 e. The van der Waals surface area contributed by atoms with E-state index < -0.39 is 5.82 Å². The van der Waals surface area contributed by atoms with E-state index in [0.717, 1.165) is 0 Å². The van der Waals surface area contributed by atoms with E-state index >= 15 is 0 Å². The molecule has 0 aliphatic heterocycles. The highest BCUT2D eigenvalue weighted by Gasteiger charge is 2.17. The Balaban J connectivity index is 2.30. The van der Waals surface area contributed by atoms with Gasteiger partial charge in [-0.05, 0) is 19.1 Å². The molecule has 0 saturated heterocycles. The fraction of sp³-hybridized carbons (Fsp3) is 0.273. The van der Waals surface area contributed by atoms with Crippen molar-refractivity contribution < 1.29 is 18.8 Å². The highest BCUT2D eigenvalue weighted by atomic mass is 19.1. The minimum absolute atomic E-state index is 0.0599. The summed E-state index contributed by atoms with van der Waals surface area (Å²) in [5.41, 5.74) is -0.0947. The van der Waals surface area contributed by atoms with Crippen molar-refractivity contribution in [2.75, 3.05) is 6.61 Å². The van der Waals surface area contributed by atoms with Crippen LogP contribution in [0.5, 0.6) is 5.75 Å². The Labute approximate surface area is 96.8 Å². The van der Waals surface area contributed by atoms with E-state index in [2.05, 4.69) is 10.1 Å². The van der Waals surface area contributed by atoms with E-state index in [1.54, 1.807) is 0 Å². The molecule has 0 bridgehead atoms. The van der Waals surface area contributed by atoms with E-state index in [9.17, 15) is 9.50 Å². The lowest BCUT2D eigenvalue weighted by atomic mass is 10.2. The molecule has 2 aromatic rings. The van der Waals surface area contributed by atoms with Crippen LogP contribution in [0.2, 0.25) is 0 Å². The quantitative estimate of drug-likeness (QED) is 0.883. The van der Waals surface area contributed by atoms with Crippen LogP contribution in [-0.4, -0.2) is 21.9 Å². The van der Waals surface area contributed by atoms with Crippen LogP contribution in [-0.2, 0) is 11.3 Å². The minimum Gasteiger partial charge on any atom is -0.507 e. The number of halogens is 1. The fourth-order valence-corrected chi connectivity index (χ4v) is 1.33. The van der Waals surface area contributed by atoms with Gasteiger partial charge in [0, 0.05) is 6.61 Å². The molecule has 0 saturated carbocycles. The molecule has 1 N–H and O–H groups in total. The van der Waals surface area contributed by atoms with Gasteiger partial charge in [-0.25, -0.2) is 4.39 Å². The van der Waals surface area contributed by atoms with Crippen molar-refractivity contribution in [2.45, 2.75) is 13.5 Å². The Hall–Kier alpha value is -1.95. The maximum atomic E-state index is 13.5. The van der Waals surface area contributed by atoms with Gasteiger partial charge in [0.2, 0.25) is 0 Å². The Morgan fingerprint density at radius 2 is 2.29 bits per heavy atom. The molecule has 1 aromatic carbocycles. The van der Waals surface area contributed by atoms with Crippen LogP contribution in [0, 0.1) is 5.82 Å². The third kappa shape index (κ3) is 2.42. The molecule has 2 rings (SSSR count). The van der Waals surface area contributed by atoms with Crippen LogP contribution in [0.15, 0.2) is 22.7 Å². The van der Waals surface area contributed by atoms with Gasteiger partial charge in [0.1, 0.15) is 23.7 Å². The Bertz CT molecular complexity index is 493. The summed E-state index contributed by atoms with van der Waals surface area (Å²) in [5.74, 6) is -0.604. The molecule has 0 radical (unpaired) electrons. The van der Waals surface area contributed by atoms with Crippen molar-refractivity contribution in [3.8, 4) is 17.2 Å². The SMILES string of the molecule is CCOCc1noc(-c2c(O)cccc2F)n1. The van der Waals surface area contributed by atoms with Gasteiger partial charge in [0.25, 0.3) is 5.89 Å². The molecular weight excluding hydrogens is 227 g/mol. The normalized spacial score (nSPS) is 10.7. The zero-order valence-electron chi connectivity index (χ0n) is 9.18. The number of aromatic hydroxyl groups is 1. The number of ether oxygens (including phenoxy) is 1. The Morgan fingerprint density at radius 3 is 3.00 bits per heavy atom. The summed E-state index contributed by atoms with van der Waals surface area (Å²) in [6.07, 6.45) is 0. The van der Waals surface area contributed by atoms with Crippen LogP contribution in [0.25, 0.3) is 11.5 Å². The average Bonchev–Trinajstić information content (AvgIpc) is 2.75. The maximum Gasteiger partial charge on any atom is 0.264 e. The van der Waals surface area contributed by atoms with E-state index in [1.807, 2.05) is 6.92 Å². The number of nitrogens with zero attached hydrogens (tertiary/aromatic N) is 2. The van der Waals surface area contributed by atoms with Gasteiger partial charge < -0.3 is 14.4 Å². The molecule has 17 heavy (non-hydrogen) atoms. The van der Waals surface area contributed by atoms with Crippen molar-refractivity contribution in [1.82, 2.24) is 10.1 Å². The summed E-state index contributed by atoms with van der Waals surface area (Å²) < 4.78 is 23.4. The van der Waals surface area contributed by atoms with E-state index in [4.69, 9.17) is 9.26 Å². The third-order valence-corrected chi connectivity index (χ3v) is 2.11. The lowest BCUT2D eigenvalue weighted by Gasteiger charge is -1.99. The third-order valence-electron chi connectivity index (χ3n) is 2.11. The predicted octanol–water partition coefficient (Wildman–Crippen LogP) is 2.12. The first-order valence-electron chi connectivity index (χ1n) is 5.10. The van der Waals surface area contributed by atoms with Gasteiger partial charge in [0.05, 0.1) is 0 Å². The molecule has 1 heterocycles. The number of aromatic nitrogens is 2. The molecular formula is C11H11FN2O3. The number of benzene rings is 1. The molecule has 0 unspecified atom stereocenters. The second-order valence-electron chi connectivity index (χ2n) is 3.29. The highest BCUT2D eigenvalue weighted by Crippen LogP contribution is 2.30. The van der Waals surface area contributed by atoms with Crippen molar-refractivity contribution >= 4 is 0 Å². The highest BCUT2D eigenvalue weighted by molar-refractivity contribution is 5.62. The number of hydrogen-bond acceptors (Lipinski definition) is 5. The topological polar surface area (TPSA) is 68.4 Å². The summed E-state index contributed by atoms with van der Waals surface area (Å²) in [7, 11) is 0. The molecule has 0 aliphatic carbocycles. The van der Waals surface area contributed by atoms with E-state index in [-0.39, 0.29) is 23.8 Å². The lowest BCUT2D eigenvalue weighted by molar-refractivity contribution is 0.126. The Kier molecular flexibility index (Phi) is 3.34. The van der Waals surface area contributed by atoms with Crippen molar-refractivity contribution in [3.63, 3.8) is 0 Å². The Morgan fingerprint density at radius 1 is 1.47 bits per heavy atom. The smallest absolute Gasteiger partial charge is 0.264 e. The van der Waals surface area contributed by atoms with Crippen molar-refractivity contribution in [2.24, 2.45) is 0 Å². The van der Waals surface area contributed by atoms with Gasteiger partial charge in [-0.2, -0.15) is 4.98 Å². The standard InChI is InChI=1S/C11H11FN2O3/c1-2-16-6-9-13-11(17-14-9)10-7(12)4-3-5-8(10)15/h3-5,15H,2,6H2,1H3. The van der Waals surface area contributed by atoms with Gasteiger partial charge in [-0.15, -0.1) is 0 Å². The monoisotopic (exact) mass is 238 g/mol. The second-order valence-corrected chi connectivity index (χ2v) is 3.29. The minimum atomic E-state index is -0.614. The van der Waals surface area contributed by atoms with E-state index in [1.165, 1.54) is 18.2 Å². The van der Waals surface area contributed by atoms with Gasteiger partial charge in [-0.1, -0.05) is 11.2 Å². The van der Waals surface area contributed by atoms with Crippen LogP contribution in [0.3, 0.4) is 0 Å². The molecule has 0 amide bonds. The molecule has 0 fully saturated rings. The summed E-state index contributed by atoms with van der Waals surface area (Å²) >= 11 is 0. The maximum absolute atomic E-state index is 13.5. The zero-order chi connectivity index (χ0) is 12.3. The molecule has 0 spiro atoms. The second kappa shape index (κ2) is 4.92. The van der Waals surface area contributed by atoms with Gasteiger partial charge in [0.15, 0.2) is 5.82 Å². The van der Waals surface area contributed by atoms with Gasteiger partial charge >= 0.3 is 0 Å². The predicted molar refractivity (Wildman–Crippen MR) is 56.7 cm³/mol. The van der Waals surface area contributed by atoms with Crippen LogP contribution in [0.4, 0.5) is 4.39 Å². The lowest BCUT2D eigenvalue weighted by Crippen LogP contribution is -1.94. The first-order valence-corrected chi connectivity index (χ1v) is 5.10. The van der Waals surface area contributed by atoms with Crippen LogP contribution in [0.1, 0.15) is 12.7 Å². The van der Waals surface area contributed by atoms with E-state index in [0.29, 0.717) is 12.4 Å². The number of rotatable bonds is 4. The number of phenolic OH excluding ortho intramolecular Hbond substituents is 1. The number of hydrogen-bond donors (Lipinski definition) is 1. The zero-order valence-corrected chi connectivity index (χ0v) is 9.18. The van der Waals surface area contributed by atoms with Crippen LogP contribution >= 0.6 is 0 Å². The van der Waals surface area contributed by atoms with Gasteiger partial charge in [-0.3, -0.25) is 0 Å². The molecule has 1 aromatic heterocycles. The summed E-state index contributed by atoms with van der Waals surface area (Å²) in [5, 5.41) is 13.2.